The first kappa shape index (κ1) is 24.7. The van der Waals surface area contributed by atoms with Gasteiger partial charge in [0.25, 0.3) is 0 Å². The average molecular weight is 541 g/mol. The molecular formula is C22H26BrN3O4S2. The summed E-state index contributed by atoms with van der Waals surface area (Å²) in [5, 5.41) is 2.03. The highest BCUT2D eigenvalue weighted by Gasteiger charge is 2.26. The van der Waals surface area contributed by atoms with Crippen LogP contribution in [0.3, 0.4) is 0 Å². The third-order valence-electron chi connectivity index (χ3n) is 5.05. The second kappa shape index (κ2) is 10.8. The number of hydrogen-bond acceptors (Lipinski definition) is 6. The molecule has 32 heavy (non-hydrogen) atoms. The number of ether oxygens (including phenoxy) is 2. The van der Waals surface area contributed by atoms with Crippen LogP contribution in [0.1, 0.15) is 6.92 Å². The highest BCUT2D eigenvalue weighted by atomic mass is 79.9. The first-order valence-corrected chi connectivity index (χ1v) is 12.4. The van der Waals surface area contributed by atoms with Crippen LogP contribution in [0, 0.1) is 0 Å². The van der Waals surface area contributed by atoms with Crippen LogP contribution >= 0.6 is 28.3 Å². The topological polar surface area (TPSA) is 73.1 Å². The summed E-state index contributed by atoms with van der Waals surface area (Å²) in [5.41, 5.74) is 2.76. The number of hydrogen-bond donors (Lipinski definition) is 0. The Morgan fingerprint density at radius 3 is 2.34 bits per heavy atom. The molecule has 0 bridgehead atoms. The van der Waals surface area contributed by atoms with Gasteiger partial charge in [-0.3, -0.25) is 0 Å². The van der Waals surface area contributed by atoms with E-state index >= 15 is 0 Å². The van der Waals surface area contributed by atoms with Crippen molar-refractivity contribution in [1.82, 2.24) is 8.87 Å². The first-order valence-electron chi connectivity index (χ1n) is 10.1. The van der Waals surface area contributed by atoms with Gasteiger partial charge in [-0.1, -0.05) is 12.1 Å². The van der Waals surface area contributed by atoms with Gasteiger partial charge in [0.1, 0.15) is 5.75 Å². The summed E-state index contributed by atoms with van der Waals surface area (Å²) in [7, 11) is -1.54. The summed E-state index contributed by atoms with van der Waals surface area (Å²) in [6.45, 7) is 4.23. The molecule has 2 heterocycles. The molecule has 2 aromatic carbocycles. The number of nitrogens with zero attached hydrogens (tertiary/aromatic N) is 3. The molecule has 1 fully saturated rings. The van der Waals surface area contributed by atoms with E-state index in [1.165, 1.54) is 15.6 Å². The second-order valence-electron chi connectivity index (χ2n) is 7.04. The van der Waals surface area contributed by atoms with Crippen LogP contribution in [0.25, 0.3) is 11.3 Å². The number of morpholine rings is 1. The van der Waals surface area contributed by atoms with Crippen molar-refractivity contribution in [3.05, 3.63) is 58.7 Å². The maximum Gasteiger partial charge on any atom is 0.243 e. The minimum atomic E-state index is -3.49. The predicted octanol–water partition coefficient (Wildman–Crippen LogP) is 3.98. The lowest BCUT2D eigenvalue weighted by atomic mass is 10.2. The smallest absolute Gasteiger partial charge is 0.243 e. The lowest BCUT2D eigenvalue weighted by Crippen LogP contribution is -2.40. The molecule has 0 unspecified atom stereocenters. The van der Waals surface area contributed by atoms with E-state index in [-0.39, 0.29) is 17.0 Å². The molecule has 0 spiro atoms. The van der Waals surface area contributed by atoms with Crippen molar-refractivity contribution in [3.8, 4) is 17.0 Å². The zero-order chi connectivity index (χ0) is 21.8. The van der Waals surface area contributed by atoms with Gasteiger partial charge in [-0.05, 0) is 48.9 Å². The maximum absolute atomic E-state index is 12.8. The molecule has 1 aliphatic heterocycles. The van der Waals surface area contributed by atoms with E-state index in [0.29, 0.717) is 37.8 Å². The minimum absolute atomic E-state index is 0. The monoisotopic (exact) mass is 539 g/mol. The summed E-state index contributed by atoms with van der Waals surface area (Å²) in [6, 6.07) is 14.7. The molecule has 3 aromatic rings. The van der Waals surface area contributed by atoms with Crippen LogP contribution in [0.5, 0.6) is 5.75 Å². The van der Waals surface area contributed by atoms with Crippen molar-refractivity contribution < 1.29 is 17.9 Å². The third kappa shape index (κ3) is 5.32. The number of aromatic nitrogens is 1. The van der Waals surface area contributed by atoms with Crippen molar-refractivity contribution >= 4 is 44.0 Å². The second-order valence-corrected chi connectivity index (χ2v) is 9.82. The Kier molecular flexibility index (Phi) is 8.29. The SMILES string of the molecule is Br.CCOc1ccc(N=c2scc(-c3ccc(S(=O)(=O)N4CCOCC4)cc3)n2C)cc1. The van der Waals surface area contributed by atoms with Gasteiger partial charge in [0.2, 0.25) is 10.0 Å². The van der Waals surface area contributed by atoms with Crippen molar-refractivity contribution in [2.24, 2.45) is 12.0 Å². The Balaban J connectivity index is 0.00000289. The van der Waals surface area contributed by atoms with Gasteiger partial charge in [0.05, 0.1) is 36.1 Å². The summed E-state index contributed by atoms with van der Waals surface area (Å²) in [4.78, 5) is 5.87. The fraction of sp³-hybridized carbons (Fsp3) is 0.318. The van der Waals surface area contributed by atoms with E-state index in [2.05, 4.69) is 0 Å². The van der Waals surface area contributed by atoms with E-state index in [1.807, 2.05) is 60.3 Å². The van der Waals surface area contributed by atoms with E-state index in [9.17, 15) is 8.42 Å². The van der Waals surface area contributed by atoms with E-state index in [0.717, 1.165) is 27.5 Å². The molecule has 0 amide bonds. The molecule has 0 aliphatic carbocycles. The molecule has 4 rings (SSSR count). The Bertz CT molecular complexity index is 1200. The van der Waals surface area contributed by atoms with Crippen molar-refractivity contribution in [2.75, 3.05) is 32.9 Å². The van der Waals surface area contributed by atoms with Crippen LogP contribution in [-0.4, -0.2) is 50.2 Å². The highest BCUT2D eigenvalue weighted by molar-refractivity contribution is 8.93. The minimum Gasteiger partial charge on any atom is -0.494 e. The lowest BCUT2D eigenvalue weighted by molar-refractivity contribution is 0.0730. The molecule has 0 radical (unpaired) electrons. The maximum atomic E-state index is 12.8. The molecule has 7 nitrogen and oxygen atoms in total. The zero-order valence-corrected chi connectivity index (χ0v) is 21.3. The van der Waals surface area contributed by atoms with Crippen LogP contribution in [-0.2, 0) is 21.8 Å². The van der Waals surface area contributed by atoms with Crippen molar-refractivity contribution in [3.63, 3.8) is 0 Å². The van der Waals surface area contributed by atoms with Gasteiger partial charge < -0.3 is 14.0 Å². The Labute approximate surface area is 202 Å². The van der Waals surface area contributed by atoms with E-state index in [1.54, 1.807) is 12.1 Å². The standard InChI is InChI=1S/C22H25N3O4S2.BrH/c1-3-29-19-8-6-18(7-9-19)23-22-24(2)21(16-30-22)17-4-10-20(11-5-17)31(26,27)25-12-14-28-15-13-25;/h4-11,16H,3,12-15H2,1-2H3;1H. The summed E-state index contributed by atoms with van der Waals surface area (Å²) < 4.78 is 39.8. The Morgan fingerprint density at radius 1 is 1.06 bits per heavy atom. The normalized spacial score (nSPS) is 15.4. The largest absolute Gasteiger partial charge is 0.494 e. The van der Waals surface area contributed by atoms with Crippen molar-refractivity contribution in [1.29, 1.82) is 0 Å². The number of benzene rings is 2. The molecule has 0 N–H and O–H groups in total. The number of rotatable bonds is 6. The predicted molar refractivity (Wildman–Crippen MR) is 131 cm³/mol. The number of thiazole rings is 1. The molecule has 0 atom stereocenters. The summed E-state index contributed by atoms with van der Waals surface area (Å²) >= 11 is 1.54. The fourth-order valence-electron chi connectivity index (χ4n) is 3.36. The molecule has 172 valence electrons. The molecular weight excluding hydrogens is 514 g/mol. The summed E-state index contributed by atoms with van der Waals surface area (Å²) in [6.07, 6.45) is 0. The van der Waals surface area contributed by atoms with Crippen LogP contribution in [0.2, 0.25) is 0 Å². The van der Waals surface area contributed by atoms with Gasteiger partial charge in [-0.25, -0.2) is 13.4 Å². The van der Waals surface area contributed by atoms with Gasteiger partial charge in [0, 0.05) is 25.5 Å². The van der Waals surface area contributed by atoms with Gasteiger partial charge in [0.15, 0.2) is 4.80 Å². The van der Waals surface area contributed by atoms with Gasteiger partial charge in [-0.2, -0.15) is 4.31 Å². The molecule has 10 heteroatoms. The van der Waals surface area contributed by atoms with Crippen molar-refractivity contribution in [2.45, 2.75) is 11.8 Å². The molecule has 1 aliphatic rings. The Hall–Kier alpha value is -1.98. The first-order chi connectivity index (χ1) is 15.0. The molecule has 1 saturated heterocycles. The van der Waals surface area contributed by atoms with Crippen LogP contribution in [0.15, 0.2) is 63.8 Å². The third-order valence-corrected chi connectivity index (χ3v) is 7.88. The van der Waals surface area contributed by atoms with Crippen LogP contribution < -0.4 is 9.54 Å². The molecule has 0 saturated carbocycles. The lowest BCUT2D eigenvalue weighted by Gasteiger charge is -2.26. The summed E-state index contributed by atoms with van der Waals surface area (Å²) in [5.74, 6) is 0.824. The Morgan fingerprint density at radius 2 is 1.72 bits per heavy atom. The number of halogens is 1. The average Bonchev–Trinajstić information content (AvgIpc) is 3.16. The van der Waals surface area contributed by atoms with Crippen LogP contribution in [0.4, 0.5) is 5.69 Å². The quantitative estimate of drug-likeness (QED) is 0.474. The number of sulfonamides is 1. The van der Waals surface area contributed by atoms with E-state index in [4.69, 9.17) is 14.5 Å². The van der Waals surface area contributed by atoms with E-state index < -0.39 is 10.0 Å². The fourth-order valence-corrected chi connectivity index (χ4v) is 5.69. The zero-order valence-electron chi connectivity index (χ0n) is 17.9. The molecule has 1 aromatic heterocycles. The van der Waals surface area contributed by atoms with Gasteiger partial charge >= 0.3 is 0 Å². The van der Waals surface area contributed by atoms with Gasteiger partial charge in [-0.15, -0.1) is 28.3 Å². The highest BCUT2D eigenvalue weighted by Crippen LogP contribution is 2.24.